The van der Waals surface area contributed by atoms with E-state index in [0.29, 0.717) is 11.4 Å². The highest BCUT2D eigenvalue weighted by Gasteiger charge is 2.31. The van der Waals surface area contributed by atoms with Crippen LogP contribution >= 0.6 is 0 Å². The smallest absolute Gasteiger partial charge is 0.416 e. The maximum absolute atomic E-state index is 13.0. The Morgan fingerprint density at radius 3 is 2.45 bits per heavy atom. The molecule has 31 heavy (non-hydrogen) atoms. The molecule has 3 aromatic rings. The molecule has 0 aliphatic rings. The number of alkyl halides is 3. The van der Waals surface area contributed by atoms with Crippen molar-refractivity contribution in [2.45, 2.75) is 20.0 Å². The van der Waals surface area contributed by atoms with Crippen molar-refractivity contribution in [3.63, 3.8) is 0 Å². The third kappa shape index (κ3) is 5.03. The van der Waals surface area contributed by atoms with E-state index in [-0.39, 0.29) is 23.0 Å². The van der Waals surface area contributed by atoms with Gasteiger partial charge in [0.25, 0.3) is 5.91 Å². The van der Waals surface area contributed by atoms with Crippen molar-refractivity contribution >= 4 is 23.2 Å². The second-order valence-corrected chi connectivity index (χ2v) is 6.72. The lowest BCUT2D eigenvalue weighted by Gasteiger charge is -2.12. The second kappa shape index (κ2) is 8.50. The van der Waals surface area contributed by atoms with Gasteiger partial charge in [-0.3, -0.25) is 9.59 Å². The third-order valence-electron chi connectivity index (χ3n) is 4.29. The highest BCUT2D eigenvalue weighted by atomic mass is 19.4. The molecule has 0 saturated carbocycles. The van der Waals surface area contributed by atoms with Gasteiger partial charge < -0.3 is 15.4 Å². The zero-order valence-electron chi connectivity index (χ0n) is 16.9. The summed E-state index contributed by atoms with van der Waals surface area (Å²) in [7, 11) is 1.32. The lowest BCUT2D eigenvalue weighted by molar-refractivity contribution is -0.137. The molecule has 0 atom stereocenters. The Morgan fingerprint density at radius 1 is 1.06 bits per heavy atom. The van der Waals surface area contributed by atoms with Gasteiger partial charge in [0.2, 0.25) is 5.91 Å². The fourth-order valence-electron chi connectivity index (χ4n) is 2.86. The van der Waals surface area contributed by atoms with E-state index in [1.807, 2.05) is 6.92 Å². The normalized spacial score (nSPS) is 11.2. The topological polar surface area (TPSA) is 85.2 Å². The Labute approximate surface area is 175 Å². The molecule has 3 rings (SSSR count). The molecule has 10 heteroatoms. The van der Waals surface area contributed by atoms with Gasteiger partial charge in [-0.1, -0.05) is 12.1 Å². The minimum absolute atomic E-state index is 0.0728. The summed E-state index contributed by atoms with van der Waals surface area (Å²) in [6.07, 6.45) is -3.20. The summed E-state index contributed by atoms with van der Waals surface area (Å²) < 4.78 is 45.4. The van der Waals surface area contributed by atoms with Crippen LogP contribution in [0.3, 0.4) is 0 Å². The first-order chi connectivity index (χ1) is 14.6. The van der Waals surface area contributed by atoms with Gasteiger partial charge in [0.05, 0.1) is 35.9 Å². The lowest BCUT2D eigenvalue weighted by Crippen LogP contribution is -2.17. The molecule has 0 saturated heterocycles. The minimum Gasteiger partial charge on any atom is -0.493 e. The Balaban J connectivity index is 1.95. The van der Waals surface area contributed by atoms with Crippen LogP contribution in [0.5, 0.6) is 5.75 Å². The van der Waals surface area contributed by atoms with Crippen LogP contribution in [-0.4, -0.2) is 28.7 Å². The number of hydrogen-bond donors (Lipinski definition) is 2. The third-order valence-corrected chi connectivity index (χ3v) is 4.29. The number of nitrogens with one attached hydrogen (secondary N) is 2. The molecular weight excluding hydrogens is 413 g/mol. The molecule has 2 N–H and O–H groups in total. The fraction of sp³-hybridized carbons (Fsp3) is 0.190. The van der Waals surface area contributed by atoms with Crippen molar-refractivity contribution < 1.29 is 27.5 Å². The van der Waals surface area contributed by atoms with E-state index in [4.69, 9.17) is 4.74 Å². The quantitative estimate of drug-likeness (QED) is 0.625. The number of aromatic nitrogens is 2. The molecule has 0 spiro atoms. The number of carbonyl (C=O) groups is 2. The number of nitrogens with zero attached hydrogens (tertiary/aromatic N) is 2. The van der Waals surface area contributed by atoms with Gasteiger partial charge in [0.15, 0.2) is 11.4 Å². The standard InChI is InChI=1S/C21H19F3N4O3/c1-12-7-8-16(25-13(2)29)17(9-12)26-20(30)19-18(31-3)11-28(27-19)15-6-4-5-14(10-15)21(22,23)24/h4-11H,1-3H3,(H,25,29)(H,26,30). The number of anilines is 2. The molecule has 1 aromatic heterocycles. The Bertz CT molecular complexity index is 1140. The summed E-state index contributed by atoms with van der Waals surface area (Å²) in [5.74, 6) is -0.894. The minimum atomic E-state index is -4.52. The van der Waals surface area contributed by atoms with Gasteiger partial charge in [0.1, 0.15) is 0 Å². The fourth-order valence-corrected chi connectivity index (χ4v) is 2.86. The molecule has 0 fully saturated rings. The van der Waals surface area contributed by atoms with E-state index >= 15 is 0 Å². The molecule has 1 heterocycles. The van der Waals surface area contributed by atoms with E-state index in [1.165, 1.54) is 32.4 Å². The highest BCUT2D eigenvalue weighted by molar-refractivity contribution is 6.07. The van der Waals surface area contributed by atoms with Crippen molar-refractivity contribution in [3.8, 4) is 11.4 Å². The zero-order valence-corrected chi connectivity index (χ0v) is 16.9. The number of methoxy groups -OCH3 is 1. The second-order valence-electron chi connectivity index (χ2n) is 6.72. The molecule has 162 valence electrons. The average molecular weight is 432 g/mol. The molecule has 0 aliphatic carbocycles. The largest absolute Gasteiger partial charge is 0.493 e. The number of aryl methyl sites for hydroxylation is 1. The SMILES string of the molecule is COc1cn(-c2cccc(C(F)(F)F)c2)nc1C(=O)Nc1cc(C)ccc1NC(C)=O. The first kappa shape index (κ1) is 21.9. The van der Waals surface area contributed by atoms with Gasteiger partial charge >= 0.3 is 6.18 Å². The number of hydrogen-bond acceptors (Lipinski definition) is 4. The predicted molar refractivity (Wildman–Crippen MR) is 109 cm³/mol. The monoisotopic (exact) mass is 432 g/mol. The van der Waals surface area contributed by atoms with Crippen molar-refractivity contribution in [2.24, 2.45) is 0 Å². The maximum Gasteiger partial charge on any atom is 0.416 e. The molecule has 0 unspecified atom stereocenters. The summed E-state index contributed by atoms with van der Waals surface area (Å²) in [5, 5.41) is 9.39. The molecule has 2 aromatic carbocycles. The van der Waals surface area contributed by atoms with Gasteiger partial charge in [-0.2, -0.15) is 18.3 Å². The summed E-state index contributed by atoms with van der Waals surface area (Å²) >= 11 is 0. The Hall–Kier alpha value is -3.82. The number of benzene rings is 2. The van der Waals surface area contributed by atoms with Crippen molar-refractivity contribution in [3.05, 3.63) is 65.5 Å². The number of halogens is 3. The Morgan fingerprint density at radius 2 is 1.81 bits per heavy atom. The van der Waals surface area contributed by atoms with E-state index in [2.05, 4.69) is 15.7 Å². The molecule has 0 radical (unpaired) electrons. The van der Waals surface area contributed by atoms with Gasteiger partial charge in [-0.05, 0) is 42.8 Å². The van der Waals surface area contributed by atoms with Crippen LogP contribution in [-0.2, 0) is 11.0 Å². The molecular formula is C21H19F3N4O3. The maximum atomic E-state index is 13.0. The van der Waals surface area contributed by atoms with E-state index < -0.39 is 17.6 Å². The van der Waals surface area contributed by atoms with E-state index in [1.54, 1.807) is 18.2 Å². The number of rotatable bonds is 5. The van der Waals surface area contributed by atoms with Crippen molar-refractivity contribution in [1.29, 1.82) is 0 Å². The van der Waals surface area contributed by atoms with Crippen LogP contribution in [0.25, 0.3) is 5.69 Å². The lowest BCUT2D eigenvalue weighted by atomic mass is 10.2. The number of amides is 2. The summed E-state index contributed by atoms with van der Waals surface area (Å²) in [6.45, 7) is 3.15. The van der Waals surface area contributed by atoms with Crippen LogP contribution < -0.4 is 15.4 Å². The molecule has 0 aliphatic heterocycles. The van der Waals surface area contributed by atoms with Crippen molar-refractivity contribution in [1.82, 2.24) is 9.78 Å². The van der Waals surface area contributed by atoms with Crippen LogP contribution in [0.4, 0.5) is 24.5 Å². The summed E-state index contributed by atoms with van der Waals surface area (Å²) in [4.78, 5) is 24.3. The van der Waals surface area contributed by atoms with Crippen LogP contribution in [0.15, 0.2) is 48.7 Å². The zero-order chi connectivity index (χ0) is 22.8. The van der Waals surface area contributed by atoms with Crippen molar-refractivity contribution in [2.75, 3.05) is 17.7 Å². The van der Waals surface area contributed by atoms with Crippen LogP contribution in [0.2, 0.25) is 0 Å². The summed E-state index contributed by atoms with van der Waals surface area (Å²) in [6, 6.07) is 9.62. The first-order valence-electron chi connectivity index (χ1n) is 9.09. The van der Waals surface area contributed by atoms with Gasteiger partial charge in [-0.15, -0.1) is 0 Å². The van der Waals surface area contributed by atoms with Crippen LogP contribution in [0.1, 0.15) is 28.5 Å². The van der Waals surface area contributed by atoms with Crippen LogP contribution in [0, 0.1) is 6.92 Å². The highest BCUT2D eigenvalue weighted by Crippen LogP contribution is 2.31. The average Bonchev–Trinajstić information content (AvgIpc) is 3.14. The van der Waals surface area contributed by atoms with Gasteiger partial charge in [-0.25, -0.2) is 4.68 Å². The molecule has 2 amide bonds. The van der Waals surface area contributed by atoms with E-state index in [9.17, 15) is 22.8 Å². The number of carbonyl (C=O) groups excluding carboxylic acids is 2. The molecule has 7 nitrogen and oxygen atoms in total. The number of ether oxygens (including phenoxy) is 1. The van der Waals surface area contributed by atoms with Gasteiger partial charge in [0, 0.05) is 6.92 Å². The first-order valence-corrected chi connectivity index (χ1v) is 9.09. The Kier molecular flexibility index (Phi) is 6.00. The summed E-state index contributed by atoms with van der Waals surface area (Å²) in [5.41, 5.74) is 0.714. The predicted octanol–water partition coefficient (Wildman–Crippen LogP) is 4.42. The van der Waals surface area contributed by atoms with E-state index in [0.717, 1.165) is 22.4 Å². The molecule has 0 bridgehead atoms.